The molecule has 3 atom stereocenters. The minimum absolute atomic E-state index is 0.283. The van der Waals surface area contributed by atoms with Gasteiger partial charge in [-0.2, -0.15) is 10.1 Å². The Morgan fingerprint density at radius 2 is 2.12 bits per heavy atom. The van der Waals surface area contributed by atoms with E-state index in [0.717, 1.165) is 36.5 Å². The van der Waals surface area contributed by atoms with E-state index in [0.29, 0.717) is 17.8 Å². The fraction of sp³-hybridized carbons (Fsp3) is 0.611. The molecule has 0 aliphatic heterocycles. The molecule has 0 radical (unpaired) electrons. The normalized spacial score (nSPS) is 22.8. The van der Waals surface area contributed by atoms with E-state index in [1.54, 1.807) is 4.68 Å². The van der Waals surface area contributed by atoms with Gasteiger partial charge in [0.05, 0.1) is 6.10 Å². The van der Waals surface area contributed by atoms with Crippen molar-refractivity contribution in [2.45, 2.75) is 58.0 Å². The summed E-state index contributed by atoms with van der Waals surface area (Å²) in [6.45, 7) is 4.20. The Balaban J connectivity index is 1.60. The first-order valence-electron chi connectivity index (χ1n) is 8.78. The third-order valence-corrected chi connectivity index (χ3v) is 5.06. The number of pyridine rings is 1. The van der Waals surface area contributed by atoms with Gasteiger partial charge in [0.15, 0.2) is 5.82 Å². The number of anilines is 1. The van der Waals surface area contributed by atoms with Crippen LogP contribution in [0.15, 0.2) is 18.3 Å². The van der Waals surface area contributed by atoms with E-state index in [4.69, 9.17) is 10.5 Å². The van der Waals surface area contributed by atoms with Gasteiger partial charge < -0.3 is 10.5 Å². The lowest BCUT2D eigenvalue weighted by atomic mass is 9.87. The number of aryl methyl sites for hydroxylation is 2. The predicted molar refractivity (Wildman–Crippen MR) is 93.8 cm³/mol. The molecule has 2 heterocycles. The van der Waals surface area contributed by atoms with Crippen LogP contribution in [0.3, 0.4) is 0 Å². The van der Waals surface area contributed by atoms with Crippen molar-refractivity contribution in [3.8, 4) is 5.75 Å². The van der Waals surface area contributed by atoms with Gasteiger partial charge in [-0.3, -0.25) is 4.98 Å². The highest BCUT2D eigenvalue weighted by atomic mass is 16.5. The van der Waals surface area contributed by atoms with E-state index < -0.39 is 0 Å². The molecular formula is C18H27N5O. The number of aromatic nitrogens is 4. The van der Waals surface area contributed by atoms with Crippen LogP contribution in [0.4, 0.5) is 5.95 Å². The number of nitrogens with zero attached hydrogens (tertiary/aromatic N) is 4. The van der Waals surface area contributed by atoms with Crippen LogP contribution < -0.4 is 10.5 Å². The molecule has 130 valence electrons. The summed E-state index contributed by atoms with van der Waals surface area (Å²) in [7, 11) is 1.84. The standard InChI is InChI=1S/C18H27N5O/c1-12-11-16(9-10-20-12)24-15-6-4-5-14(7-8-15)13(2)17-21-18(19)23(3)22-17/h9-11,13-15H,4-8H2,1-3H3,(H2,19,21,22). The van der Waals surface area contributed by atoms with Crippen LogP contribution in [0.1, 0.15) is 56.5 Å². The van der Waals surface area contributed by atoms with E-state index in [2.05, 4.69) is 22.0 Å². The molecule has 6 heteroatoms. The highest BCUT2D eigenvalue weighted by Gasteiger charge is 2.27. The molecule has 2 N–H and O–H groups in total. The predicted octanol–water partition coefficient (Wildman–Crippen LogP) is 3.23. The lowest BCUT2D eigenvalue weighted by Crippen LogP contribution is -2.16. The summed E-state index contributed by atoms with van der Waals surface area (Å²) in [4.78, 5) is 8.63. The second kappa shape index (κ2) is 7.20. The number of ether oxygens (including phenoxy) is 1. The van der Waals surface area contributed by atoms with Crippen molar-refractivity contribution in [3.63, 3.8) is 0 Å². The van der Waals surface area contributed by atoms with Gasteiger partial charge in [0.2, 0.25) is 5.95 Å². The van der Waals surface area contributed by atoms with E-state index >= 15 is 0 Å². The topological polar surface area (TPSA) is 78.9 Å². The number of hydrogen-bond donors (Lipinski definition) is 1. The minimum atomic E-state index is 0.283. The lowest BCUT2D eigenvalue weighted by Gasteiger charge is -2.20. The molecule has 1 aliphatic carbocycles. The van der Waals surface area contributed by atoms with Crippen LogP contribution in [0.5, 0.6) is 5.75 Å². The van der Waals surface area contributed by atoms with Crippen LogP contribution in [-0.2, 0) is 7.05 Å². The van der Waals surface area contributed by atoms with Gasteiger partial charge in [-0.15, -0.1) is 0 Å². The van der Waals surface area contributed by atoms with Crippen molar-refractivity contribution < 1.29 is 4.74 Å². The van der Waals surface area contributed by atoms with E-state index in [-0.39, 0.29) is 6.10 Å². The molecule has 1 fully saturated rings. The zero-order valence-electron chi connectivity index (χ0n) is 14.8. The SMILES string of the molecule is Cc1cc(OC2CCCC(C(C)c3nc(N)n(C)n3)CC2)ccn1. The van der Waals surface area contributed by atoms with Gasteiger partial charge in [-0.1, -0.05) is 6.92 Å². The van der Waals surface area contributed by atoms with Crippen molar-refractivity contribution >= 4 is 5.95 Å². The summed E-state index contributed by atoms with van der Waals surface area (Å²) in [5, 5.41) is 4.45. The molecule has 6 nitrogen and oxygen atoms in total. The number of nitrogen functional groups attached to an aromatic ring is 1. The lowest BCUT2D eigenvalue weighted by molar-refractivity contribution is 0.181. The fourth-order valence-electron chi connectivity index (χ4n) is 3.52. The van der Waals surface area contributed by atoms with Crippen LogP contribution in [0.25, 0.3) is 0 Å². The molecule has 3 rings (SSSR count). The average molecular weight is 329 g/mol. The third-order valence-electron chi connectivity index (χ3n) is 5.06. The molecule has 2 aromatic rings. The van der Waals surface area contributed by atoms with Crippen molar-refractivity contribution in [1.29, 1.82) is 0 Å². The Hall–Kier alpha value is -2.11. The maximum Gasteiger partial charge on any atom is 0.218 e. The molecule has 24 heavy (non-hydrogen) atoms. The number of rotatable bonds is 4. The number of nitrogens with two attached hydrogens (primary N) is 1. The Morgan fingerprint density at radius 3 is 2.83 bits per heavy atom. The van der Waals surface area contributed by atoms with E-state index in [1.165, 1.54) is 12.8 Å². The fourth-order valence-corrected chi connectivity index (χ4v) is 3.52. The van der Waals surface area contributed by atoms with Gasteiger partial charge in [0.1, 0.15) is 5.75 Å². The Bertz CT molecular complexity index is 664. The first-order valence-corrected chi connectivity index (χ1v) is 8.78. The summed E-state index contributed by atoms with van der Waals surface area (Å²) in [5.41, 5.74) is 6.82. The number of hydrogen-bond acceptors (Lipinski definition) is 5. The maximum atomic E-state index is 6.18. The van der Waals surface area contributed by atoms with Crippen LogP contribution in [-0.4, -0.2) is 25.9 Å². The molecule has 0 spiro atoms. The maximum absolute atomic E-state index is 6.18. The molecule has 0 saturated heterocycles. The zero-order chi connectivity index (χ0) is 17.1. The van der Waals surface area contributed by atoms with Gasteiger partial charge in [0, 0.05) is 30.9 Å². The average Bonchev–Trinajstić information content (AvgIpc) is 2.74. The third kappa shape index (κ3) is 3.86. The first kappa shape index (κ1) is 16.7. The first-order chi connectivity index (χ1) is 11.5. The van der Waals surface area contributed by atoms with Crippen molar-refractivity contribution in [2.24, 2.45) is 13.0 Å². The molecule has 0 bridgehead atoms. The summed E-state index contributed by atoms with van der Waals surface area (Å²) in [6, 6.07) is 3.95. The summed E-state index contributed by atoms with van der Waals surface area (Å²) >= 11 is 0. The molecule has 1 aliphatic rings. The highest BCUT2D eigenvalue weighted by molar-refractivity contribution is 5.22. The quantitative estimate of drug-likeness (QED) is 0.871. The molecular weight excluding hydrogens is 302 g/mol. The van der Waals surface area contributed by atoms with Crippen molar-refractivity contribution in [1.82, 2.24) is 19.7 Å². The summed E-state index contributed by atoms with van der Waals surface area (Å²) in [6.07, 6.45) is 7.75. The molecule has 0 amide bonds. The molecule has 3 unspecified atom stereocenters. The molecule has 1 saturated carbocycles. The van der Waals surface area contributed by atoms with Crippen LogP contribution in [0.2, 0.25) is 0 Å². The second-order valence-electron chi connectivity index (χ2n) is 6.88. The van der Waals surface area contributed by atoms with Crippen molar-refractivity contribution in [3.05, 3.63) is 29.8 Å². The largest absolute Gasteiger partial charge is 0.490 e. The monoisotopic (exact) mass is 329 g/mol. The Morgan fingerprint density at radius 1 is 1.29 bits per heavy atom. The van der Waals surface area contributed by atoms with Gasteiger partial charge >= 0.3 is 0 Å². The zero-order valence-corrected chi connectivity index (χ0v) is 14.8. The summed E-state index contributed by atoms with van der Waals surface area (Å²) in [5.74, 6) is 3.19. The summed E-state index contributed by atoms with van der Waals surface area (Å²) < 4.78 is 7.83. The van der Waals surface area contributed by atoms with Gasteiger partial charge in [-0.25, -0.2) is 4.68 Å². The second-order valence-corrected chi connectivity index (χ2v) is 6.88. The van der Waals surface area contributed by atoms with E-state index in [9.17, 15) is 0 Å². The molecule has 0 aromatic carbocycles. The smallest absolute Gasteiger partial charge is 0.218 e. The Kier molecular flexibility index (Phi) is 5.02. The Labute approximate surface area is 143 Å². The van der Waals surface area contributed by atoms with Crippen LogP contribution >= 0.6 is 0 Å². The minimum Gasteiger partial charge on any atom is -0.490 e. The van der Waals surface area contributed by atoms with E-state index in [1.807, 2.05) is 32.3 Å². The molecule has 2 aromatic heterocycles. The van der Waals surface area contributed by atoms with Gasteiger partial charge in [-0.05, 0) is 51.0 Å². The van der Waals surface area contributed by atoms with Crippen molar-refractivity contribution in [2.75, 3.05) is 5.73 Å². The highest BCUT2D eigenvalue weighted by Crippen LogP contribution is 2.35. The van der Waals surface area contributed by atoms with Gasteiger partial charge in [0.25, 0.3) is 0 Å². The van der Waals surface area contributed by atoms with Crippen LogP contribution in [0, 0.1) is 12.8 Å².